The van der Waals surface area contributed by atoms with Crippen LogP contribution >= 0.6 is 0 Å². The third kappa shape index (κ3) is 3.10. The van der Waals surface area contributed by atoms with E-state index in [-0.39, 0.29) is 6.04 Å². The highest BCUT2D eigenvalue weighted by Gasteiger charge is 2.06. The Bertz CT molecular complexity index is 281. The molecule has 0 fully saturated rings. The first-order valence-electron chi connectivity index (χ1n) is 4.48. The number of aliphatic imine (C=N–C) groups is 1. The van der Waals surface area contributed by atoms with Crippen LogP contribution in [0.5, 0.6) is 0 Å². The lowest BCUT2D eigenvalue weighted by molar-refractivity contribution is 0.480. The first-order chi connectivity index (χ1) is 6.76. The summed E-state index contributed by atoms with van der Waals surface area (Å²) in [5.74, 6) is 6.75. The number of hydrazine groups is 1. The molecule has 1 heterocycles. The van der Waals surface area contributed by atoms with Gasteiger partial charge in [0.25, 0.3) is 0 Å². The molecular formula is C9H16N4O. The molecule has 5 heteroatoms. The van der Waals surface area contributed by atoms with Gasteiger partial charge in [0, 0.05) is 19.5 Å². The van der Waals surface area contributed by atoms with Crippen LogP contribution in [0.15, 0.2) is 27.8 Å². The maximum atomic E-state index is 5.24. The number of nitrogens with one attached hydrogen (secondary N) is 2. The van der Waals surface area contributed by atoms with Gasteiger partial charge in [0.15, 0.2) is 0 Å². The molecule has 0 aliphatic rings. The Morgan fingerprint density at radius 2 is 2.50 bits per heavy atom. The van der Waals surface area contributed by atoms with Gasteiger partial charge >= 0.3 is 0 Å². The van der Waals surface area contributed by atoms with Crippen molar-refractivity contribution in [2.45, 2.75) is 19.4 Å². The minimum absolute atomic E-state index is 0.218. The molecule has 1 aromatic heterocycles. The Kier molecular flexibility index (Phi) is 4.00. The van der Waals surface area contributed by atoms with Gasteiger partial charge in [0.05, 0.1) is 6.26 Å². The molecule has 0 aliphatic heterocycles. The standard InChI is InChI=1S/C9H16N4O/c1-7(12-9(11-2)13-10)6-8-4-3-5-14-8/h3-5,7H,6,10H2,1-2H3,(H2,11,12,13). The summed E-state index contributed by atoms with van der Waals surface area (Å²) in [6.07, 6.45) is 2.46. The summed E-state index contributed by atoms with van der Waals surface area (Å²) in [7, 11) is 1.67. The Morgan fingerprint density at radius 1 is 1.71 bits per heavy atom. The van der Waals surface area contributed by atoms with Gasteiger partial charge in [-0.1, -0.05) is 0 Å². The molecule has 1 atom stereocenters. The number of nitrogens with two attached hydrogens (primary N) is 1. The van der Waals surface area contributed by atoms with Crippen molar-refractivity contribution in [3.63, 3.8) is 0 Å². The van der Waals surface area contributed by atoms with E-state index in [4.69, 9.17) is 10.3 Å². The summed E-state index contributed by atoms with van der Waals surface area (Å²) in [6, 6.07) is 4.03. The van der Waals surface area contributed by atoms with E-state index in [1.165, 1.54) is 0 Å². The van der Waals surface area contributed by atoms with Crippen molar-refractivity contribution in [3.05, 3.63) is 24.2 Å². The molecule has 0 bridgehead atoms. The van der Waals surface area contributed by atoms with Crippen molar-refractivity contribution in [3.8, 4) is 0 Å². The van der Waals surface area contributed by atoms with E-state index in [2.05, 4.69) is 15.7 Å². The van der Waals surface area contributed by atoms with Crippen LogP contribution in [-0.4, -0.2) is 19.0 Å². The maximum Gasteiger partial charge on any atom is 0.205 e. The summed E-state index contributed by atoms with van der Waals surface area (Å²) in [4.78, 5) is 3.91. The van der Waals surface area contributed by atoms with Gasteiger partial charge in [-0.2, -0.15) is 0 Å². The van der Waals surface area contributed by atoms with Crippen LogP contribution in [0.2, 0.25) is 0 Å². The summed E-state index contributed by atoms with van der Waals surface area (Å²) in [5.41, 5.74) is 2.47. The molecule has 14 heavy (non-hydrogen) atoms. The third-order valence-corrected chi connectivity index (χ3v) is 1.83. The van der Waals surface area contributed by atoms with Crippen LogP contribution in [0.25, 0.3) is 0 Å². The minimum Gasteiger partial charge on any atom is -0.469 e. The van der Waals surface area contributed by atoms with Crippen molar-refractivity contribution in [1.82, 2.24) is 10.7 Å². The molecule has 0 radical (unpaired) electrons. The lowest BCUT2D eigenvalue weighted by Gasteiger charge is -2.14. The smallest absolute Gasteiger partial charge is 0.205 e. The molecule has 1 rings (SSSR count). The second-order valence-electron chi connectivity index (χ2n) is 3.05. The molecule has 4 N–H and O–H groups in total. The Labute approximate surface area is 83.4 Å². The molecule has 0 saturated carbocycles. The predicted molar refractivity (Wildman–Crippen MR) is 55.7 cm³/mol. The quantitative estimate of drug-likeness (QED) is 0.280. The van der Waals surface area contributed by atoms with E-state index in [1.54, 1.807) is 13.3 Å². The average Bonchev–Trinajstić information content (AvgIpc) is 2.66. The highest BCUT2D eigenvalue weighted by Crippen LogP contribution is 2.03. The van der Waals surface area contributed by atoms with E-state index in [0.717, 1.165) is 12.2 Å². The van der Waals surface area contributed by atoms with Gasteiger partial charge in [-0.15, -0.1) is 0 Å². The summed E-state index contributed by atoms with van der Waals surface area (Å²) >= 11 is 0. The van der Waals surface area contributed by atoms with E-state index in [0.29, 0.717) is 5.96 Å². The zero-order valence-electron chi connectivity index (χ0n) is 8.45. The minimum atomic E-state index is 0.218. The van der Waals surface area contributed by atoms with Gasteiger partial charge in [-0.05, 0) is 19.1 Å². The monoisotopic (exact) mass is 196 g/mol. The fourth-order valence-electron chi connectivity index (χ4n) is 1.19. The Hall–Kier alpha value is -1.49. The first-order valence-corrected chi connectivity index (χ1v) is 4.48. The lowest BCUT2D eigenvalue weighted by Crippen LogP contribution is -2.45. The van der Waals surface area contributed by atoms with Gasteiger partial charge in [-0.3, -0.25) is 10.4 Å². The van der Waals surface area contributed by atoms with Crippen LogP contribution in [0.1, 0.15) is 12.7 Å². The Morgan fingerprint density at radius 3 is 3.00 bits per heavy atom. The first kappa shape index (κ1) is 10.6. The highest BCUT2D eigenvalue weighted by molar-refractivity contribution is 5.79. The number of guanidine groups is 1. The number of rotatable bonds is 3. The summed E-state index contributed by atoms with van der Waals surface area (Å²) in [5, 5.41) is 3.11. The molecule has 0 amide bonds. The van der Waals surface area contributed by atoms with E-state index in [1.807, 2.05) is 19.1 Å². The Balaban J connectivity index is 2.39. The van der Waals surface area contributed by atoms with Crippen LogP contribution in [0, 0.1) is 0 Å². The summed E-state index contributed by atoms with van der Waals surface area (Å²) in [6.45, 7) is 2.03. The predicted octanol–water partition coefficient (Wildman–Crippen LogP) is 0.249. The molecule has 0 spiro atoms. The van der Waals surface area contributed by atoms with E-state index in [9.17, 15) is 0 Å². The van der Waals surface area contributed by atoms with Crippen molar-refractivity contribution >= 4 is 5.96 Å². The van der Waals surface area contributed by atoms with Crippen LogP contribution in [0.3, 0.4) is 0 Å². The highest BCUT2D eigenvalue weighted by atomic mass is 16.3. The van der Waals surface area contributed by atoms with Crippen LogP contribution in [0.4, 0.5) is 0 Å². The van der Waals surface area contributed by atoms with Gasteiger partial charge in [0.1, 0.15) is 5.76 Å². The average molecular weight is 196 g/mol. The fourth-order valence-corrected chi connectivity index (χ4v) is 1.19. The van der Waals surface area contributed by atoms with Crippen LogP contribution in [-0.2, 0) is 6.42 Å². The van der Waals surface area contributed by atoms with E-state index >= 15 is 0 Å². The maximum absolute atomic E-state index is 5.24. The number of furan rings is 1. The molecule has 0 aromatic carbocycles. The normalized spacial score (nSPS) is 13.8. The summed E-state index contributed by atoms with van der Waals surface area (Å²) < 4.78 is 5.22. The second-order valence-corrected chi connectivity index (χ2v) is 3.05. The SMILES string of the molecule is CN=C(NN)NC(C)Cc1ccco1. The molecule has 0 saturated heterocycles. The lowest BCUT2D eigenvalue weighted by atomic mass is 10.2. The molecule has 1 aromatic rings. The van der Waals surface area contributed by atoms with Crippen molar-refractivity contribution < 1.29 is 4.42 Å². The molecular weight excluding hydrogens is 180 g/mol. The molecule has 5 nitrogen and oxygen atoms in total. The number of hydrogen-bond acceptors (Lipinski definition) is 3. The van der Waals surface area contributed by atoms with Gasteiger partial charge in [0.2, 0.25) is 5.96 Å². The zero-order chi connectivity index (χ0) is 10.4. The zero-order valence-corrected chi connectivity index (χ0v) is 8.45. The van der Waals surface area contributed by atoms with Gasteiger partial charge in [-0.25, -0.2) is 5.84 Å². The molecule has 78 valence electrons. The van der Waals surface area contributed by atoms with Crippen molar-refractivity contribution in [2.75, 3.05) is 7.05 Å². The largest absolute Gasteiger partial charge is 0.469 e. The molecule has 0 aliphatic carbocycles. The topological polar surface area (TPSA) is 75.6 Å². The number of nitrogens with zero attached hydrogens (tertiary/aromatic N) is 1. The number of hydrogen-bond donors (Lipinski definition) is 3. The van der Waals surface area contributed by atoms with E-state index < -0.39 is 0 Å². The molecule has 1 unspecified atom stereocenters. The second kappa shape index (κ2) is 5.29. The third-order valence-electron chi connectivity index (χ3n) is 1.83. The van der Waals surface area contributed by atoms with Crippen molar-refractivity contribution in [1.29, 1.82) is 0 Å². The van der Waals surface area contributed by atoms with Gasteiger partial charge < -0.3 is 9.73 Å². The fraction of sp³-hybridized carbons (Fsp3) is 0.444. The van der Waals surface area contributed by atoms with Crippen molar-refractivity contribution in [2.24, 2.45) is 10.8 Å². The van der Waals surface area contributed by atoms with Crippen LogP contribution < -0.4 is 16.6 Å².